The summed E-state index contributed by atoms with van der Waals surface area (Å²) in [5, 5.41) is 4.21. The number of hydrogen-bond donors (Lipinski definition) is 0. The van der Waals surface area contributed by atoms with Crippen molar-refractivity contribution in [2.45, 2.75) is 6.92 Å². The van der Waals surface area contributed by atoms with E-state index in [9.17, 15) is 9.18 Å². The molecular formula is C12H10ClFN2O2. The number of benzene rings is 1. The standard InChI is InChI=1S/C12H10ClFN2O2/c1-2-18-12(17)8-6-15-16(7-8)11-4-3-9(14)5-10(11)13/h3-7H,2H2,1H3. The highest BCUT2D eigenvalue weighted by Gasteiger charge is 2.11. The van der Waals surface area contributed by atoms with Crippen LogP contribution in [0, 0.1) is 5.82 Å². The third-order valence-corrected chi connectivity index (χ3v) is 2.55. The highest BCUT2D eigenvalue weighted by atomic mass is 35.5. The fourth-order valence-corrected chi connectivity index (χ4v) is 1.70. The Kier molecular flexibility index (Phi) is 3.62. The number of hydrogen-bond acceptors (Lipinski definition) is 3. The van der Waals surface area contributed by atoms with E-state index in [-0.39, 0.29) is 5.02 Å². The van der Waals surface area contributed by atoms with E-state index in [1.165, 1.54) is 35.3 Å². The molecule has 94 valence electrons. The predicted octanol–water partition coefficient (Wildman–Crippen LogP) is 2.84. The molecule has 0 N–H and O–H groups in total. The topological polar surface area (TPSA) is 44.1 Å². The zero-order valence-electron chi connectivity index (χ0n) is 9.56. The SMILES string of the molecule is CCOC(=O)c1cnn(-c2ccc(F)cc2Cl)c1. The average molecular weight is 269 g/mol. The van der Waals surface area contributed by atoms with E-state index in [2.05, 4.69) is 5.10 Å². The van der Waals surface area contributed by atoms with Crippen LogP contribution in [0.15, 0.2) is 30.6 Å². The molecule has 6 heteroatoms. The van der Waals surface area contributed by atoms with Gasteiger partial charge in [0.2, 0.25) is 0 Å². The van der Waals surface area contributed by atoms with Gasteiger partial charge in [0, 0.05) is 6.20 Å². The first-order chi connectivity index (χ1) is 8.61. The molecule has 0 unspecified atom stereocenters. The smallest absolute Gasteiger partial charge is 0.341 e. The van der Waals surface area contributed by atoms with Crippen molar-refractivity contribution in [2.75, 3.05) is 6.61 Å². The third kappa shape index (κ3) is 2.51. The normalized spacial score (nSPS) is 10.4. The van der Waals surface area contributed by atoms with Crippen LogP contribution >= 0.6 is 11.6 Å². The molecule has 2 aromatic rings. The molecule has 0 aliphatic carbocycles. The summed E-state index contributed by atoms with van der Waals surface area (Å²) in [5.74, 6) is -0.886. The van der Waals surface area contributed by atoms with Gasteiger partial charge in [-0.2, -0.15) is 5.10 Å². The van der Waals surface area contributed by atoms with E-state index >= 15 is 0 Å². The van der Waals surface area contributed by atoms with Crippen LogP contribution in [0.4, 0.5) is 4.39 Å². The van der Waals surface area contributed by atoms with Gasteiger partial charge in [-0.1, -0.05) is 11.6 Å². The van der Waals surface area contributed by atoms with Crippen LogP contribution in [0.25, 0.3) is 5.69 Å². The molecule has 0 radical (unpaired) electrons. The molecule has 0 saturated heterocycles. The van der Waals surface area contributed by atoms with Gasteiger partial charge in [-0.15, -0.1) is 0 Å². The molecule has 0 spiro atoms. The number of rotatable bonds is 3. The van der Waals surface area contributed by atoms with Crippen molar-refractivity contribution in [3.8, 4) is 5.69 Å². The van der Waals surface area contributed by atoms with Crippen molar-refractivity contribution in [3.05, 3.63) is 47.0 Å². The molecule has 0 bridgehead atoms. The Labute approximate surface area is 108 Å². The summed E-state index contributed by atoms with van der Waals surface area (Å²) < 4.78 is 19.1. The Balaban J connectivity index is 2.32. The first-order valence-electron chi connectivity index (χ1n) is 5.29. The van der Waals surface area contributed by atoms with Gasteiger partial charge in [0.1, 0.15) is 5.82 Å². The minimum absolute atomic E-state index is 0.216. The summed E-state index contributed by atoms with van der Waals surface area (Å²) in [6, 6.07) is 3.94. The Morgan fingerprint density at radius 1 is 1.56 bits per heavy atom. The maximum atomic E-state index is 12.9. The second kappa shape index (κ2) is 5.18. The Morgan fingerprint density at radius 2 is 2.33 bits per heavy atom. The predicted molar refractivity (Wildman–Crippen MR) is 64.5 cm³/mol. The lowest BCUT2D eigenvalue weighted by atomic mass is 10.3. The van der Waals surface area contributed by atoms with Crippen molar-refractivity contribution in [3.63, 3.8) is 0 Å². The molecule has 1 aromatic heterocycles. The summed E-state index contributed by atoms with van der Waals surface area (Å²) in [4.78, 5) is 11.5. The van der Waals surface area contributed by atoms with E-state index in [1.54, 1.807) is 6.92 Å². The molecule has 1 heterocycles. The van der Waals surface area contributed by atoms with Crippen molar-refractivity contribution < 1.29 is 13.9 Å². The number of ether oxygens (including phenoxy) is 1. The summed E-state index contributed by atoms with van der Waals surface area (Å²) >= 11 is 5.90. The second-order valence-corrected chi connectivity index (χ2v) is 3.90. The van der Waals surface area contributed by atoms with Gasteiger partial charge < -0.3 is 4.74 Å². The first kappa shape index (κ1) is 12.6. The number of nitrogens with zero attached hydrogens (tertiary/aromatic N) is 2. The van der Waals surface area contributed by atoms with Crippen LogP contribution in [0.2, 0.25) is 5.02 Å². The summed E-state index contributed by atoms with van der Waals surface area (Å²) in [5.41, 5.74) is 0.811. The van der Waals surface area contributed by atoms with Crippen molar-refractivity contribution in [1.29, 1.82) is 0 Å². The lowest BCUT2D eigenvalue weighted by Gasteiger charge is -2.03. The number of esters is 1. The van der Waals surface area contributed by atoms with Crippen molar-refractivity contribution in [1.82, 2.24) is 9.78 Å². The largest absolute Gasteiger partial charge is 0.462 e. The van der Waals surface area contributed by atoms with Gasteiger partial charge in [-0.3, -0.25) is 0 Å². The second-order valence-electron chi connectivity index (χ2n) is 3.49. The van der Waals surface area contributed by atoms with E-state index in [0.29, 0.717) is 17.9 Å². The molecule has 4 nitrogen and oxygen atoms in total. The molecule has 1 aromatic carbocycles. The lowest BCUT2D eigenvalue weighted by molar-refractivity contribution is 0.0526. The van der Waals surface area contributed by atoms with E-state index < -0.39 is 11.8 Å². The maximum absolute atomic E-state index is 12.9. The maximum Gasteiger partial charge on any atom is 0.341 e. The highest BCUT2D eigenvalue weighted by Crippen LogP contribution is 2.21. The van der Waals surface area contributed by atoms with Crippen LogP contribution in [0.3, 0.4) is 0 Å². The highest BCUT2D eigenvalue weighted by molar-refractivity contribution is 6.32. The minimum Gasteiger partial charge on any atom is -0.462 e. The van der Waals surface area contributed by atoms with Gasteiger partial charge in [-0.25, -0.2) is 13.9 Å². The first-order valence-corrected chi connectivity index (χ1v) is 5.67. The Bertz CT molecular complexity index is 583. The fraction of sp³-hybridized carbons (Fsp3) is 0.167. The van der Waals surface area contributed by atoms with Crippen LogP contribution in [-0.4, -0.2) is 22.4 Å². The summed E-state index contributed by atoms with van der Waals surface area (Å²) in [7, 11) is 0. The van der Waals surface area contributed by atoms with Gasteiger partial charge in [0.15, 0.2) is 0 Å². The van der Waals surface area contributed by atoms with Crippen LogP contribution in [0.1, 0.15) is 17.3 Å². The molecule has 18 heavy (non-hydrogen) atoms. The zero-order chi connectivity index (χ0) is 13.1. The lowest BCUT2D eigenvalue weighted by Crippen LogP contribution is -2.03. The minimum atomic E-state index is -0.456. The van der Waals surface area contributed by atoms with E-state index in [1.807, 2.05) is 0 Å². The Hall–Kier alpha value is -1.88. The quantitative estimate of drug-likeness (QED) is 0.804. The van der Waals surface area contributed by atoms with E-state index in [4.69, 9.17) is 16.3 Å². The number of carbonyl (C=O) groups is 1. The van der Waals surface area contributed by atoms with Crippen LogP contribution in [0.5, 0.6) is 0 Å². The zero-order valence-corrected chi connectivity index (χ0v) is 10.3. The van der Waals surface area contributed by atoms with E-state index in [0.717, 1.165) is 0 Å². The third-order valence-electron chi connectivity index (χ3n) is 2.25. The molecule has 0 aliphatic heterocycles. The number of halogens is 2. The average Bonchev–Trinajstić information content (AvgIpc) is 2.78. The summed E-state index contributed by atoms with van der Waals surface area (Å²) in [6.45, 7) is 2.01. The Morgan fingerprint density at radius 3 is 3.00 bits per heavy atom. The van der Waals surface area contributed by atoms with Crippen LogP contribution in [-0.2, 0) is 4.74 Å². The van der Waals surface area contributed by atoms with Crippen molar-refractivity contribution >= 4 is 17.6 Å². The molecule has 0 atom stereocenters. The molecular weight excluding hydrogens is 259 g/mol. The monoisotopic (exact) mass is 268 g/mol. The molecule has 2 rings (SSSR count). The molecule has 0 aliphatic rings. The summed E-state index contributed by atoms with van der Waals surface area (Å²) in [6.07, 6.45) is 2.86. The van der Waals surface area contributed by atoms with Gasteiger partial charge in [0.05, 0.1) is 29.1 Å². The number of aromatic nitrogens is 2. The van der Waals surface area contributed by atoms with Gasteiger partial charge in [0.25, 0.3) is 0 Å². The fourth-order valence-electron chi connectivity index (χ4n) is 1.44. The van der Waals surface area contributed by atoms with Crippen LogP contribution < -0.4 is 0 Å². The molecule has 0 fully saturated rings. The molecule has 0 saturated carbocycles. The van der Waals surface area contributed by atoms with Gasteiger partial charge in [-0.05, 0) is 25.1 Å². The molecule has 0 amide bonds. The van der Waals surface area contributed by atoms with Gasteiger partial charge >= 0.3 is 5.97 Å². The number of carbonyl (C=O) groups excluding carboxylic acids is 1. The van der Waals surface area contributed by atoms with Crippen molar-refractivity contribution in [2.24, 2.45) is 0 Å².